The van der Waals surface area contributed by atoms with Crippen molar-refractivity contribution in [2.45, 2.75) is 25.3 Å². The molecule has 0 atom stereocenters. The van der Waals surface area contributed by atoms with Crippen LogP contribution in [-0.2, 0) is 26.1 Å². The van der Waals surface area contributed by atoms with Gasteiger partial charge in [-0.1, -0.05) is 30.3 Å². The number of nitrogens with zero attached hydrogens (tertiary/aromatic N) is 2. The topological polar surface area (TPSA) is 90.3 Å². The molecule has 0 aliphatic rings. The maximum absolute atomic E-state index is 12.3. The summed E-state index contributed by atoms with van der Waals surface area (Å²) in [7, 11) is -3.81. The summed E-state index contributed by atoms with van der Waals surface area (Å²) in [5.74, 6) is -0.620. The van der Waals surface area contributed by atoms with Crippen molar-refractivity contribution in [2.24, 2.45) is 0 Å². The summed E-state index contributed by atoms with van der Waals surface area (Å²) in [4.78, 5) is 11.3. The maximum atomic E-state index is 12.3. The molecule has 0 radical (unpaired) electrons. The Bertz CT molecular complexity index is 769. The minimum absolute atomic E-state index is 0.0535. The summed E-state index contributed by atoms with van der Waals surface area (Å²) in [5.41, 5.74) is 1.38. The van der Waals surface area contributed by atoms with Crippen LogP contribution in [-0.4, -0.2) is 37.3 Å². The first-order valence-electron chi connectivity index (χ1n) is 7.15. The van der Waals surface area contributed by atoms with E-state index in [1.165, 1.54) is 6.20 Å². The molecule has 2 rings (SSSR count). The van der Waals surface area contributed by atoms with Crippen molar-refractivity contribution < 1.29 is 17.9 Å². The predicted octanol–water partition coefficient (Wildman–Crippen LogP) is 1.08. The van der Waals surface area contributed by atoms with Gasteiger partial charge in [0.15, 0.2) is 0 Å². The Morgan fingerprint density at radius 1 is 1.30 bits per heavy atom. The van der Waals surface area contributed by atoms with E-state index in [1.54, 1.807) is 18.5 Å². The average Bonchev–Trinajstić information content (AvgIpc) is 2.88. The van der Waals surface area contributed by atoms with Crippen LogP contribution in [0.1, 0.15) is 18.2 Å². The molecule has 0 amide bonds. The Hall–Kier alpha value is -2.19. The zero-order valence-electron chi connectivity index (χ0n) is 13.0. The van der Waals surface area contributed by atoms with E-state index in [9.17, 15) is 13.2 Å². The molecule has 0 aliphatic heterocycles. The van der Waals surface area contributed by atoms with Crippen LogP contribution < -0.4 is 4.72 Å². The molecule has 1 N–H and O–H groups in total. The monoisotopic (exact) mass is 337 g/mol. The fourth-order valence-corrected chi connectivity index (χ4v) is 3.21. The minimum Gasteiger partial charge on any atom is -0.465 e. The number of nitrogens with one attached hydrogen (secondary N) is 1. The molecule has 0 fully saturated rings. The SMILES string of the molecule is CCOC(=O)CNS(=O)(=O)c1cn(Cc2ccccc2)nc1C. The lowest BCUT2D eigenvalue weighted by Gasteiger charge is -2.05. The maximum Gasteiger partial charge on any atom is 0.321 e. The number of aromatic nitrogens is 2. The third kappa shape index (κ3) is 4.64. The van der Waals surface area contributed by atoms with Gasteiger partial charge < -0.3 is 4.74 Å². The van der Waals surface area contributed by atoms with E-state index in [0.717, 1.165) is 5.56 Å². The Morgan fingerprint density at radius 3 is 2.65 bits per heavy atom. The van der Waals surface area contributed by atoms with Crippen molar-refractivity contribution >= 4 is 16.0 Å². The predicted molar refractivity (Wildman–Crippen MR) is 84.3 cm³/mol. The van der Waals surface area contributed by atoms with Gasteiger partial charge in [-0.3, -0.25) is 9.48 Å². The van der Waals surface area contributed by atoms with Crippen molar-refractivity contribution in [2.75, 3.05) is 13.2 Å². The third-order valence-corrected chi connectivity index (χ3v) is 4.59. The number of benzene rings is 1. The summed E-state index contributed by atoms with van der Waals surface area (Å²) in [6, 6.07) is 9.59. The molecule has 0 spiro atoms. The molecule has 1 aromatic carbocycles. The lowest BCUT2D eigenvalue weighted by molar-refractivity contribution is -0.141. The molecule has 0 bridgehead atoms. The molecular weight excluding hydrogens is 318 g/mol. The number of ether oxygens (including phenoxy) is 1. The first-order chi connectivity index (χ1) is 10.9. The van der Waals surface area contributed by atoms with Gasteiger partial charge in [0.2, 0.25) is 10.0 Å². The molecule has 1 heterocycles. The van der Waals surface area contributed by atoms with Crippen molar-refractivity contribution in [3.8, 4) is 0 Å². The van der Waals surface area contributed by atoms with E-state index in [4.69, 9.17) is 4.74 Å². The normalized spacial score (nSPS) is 11.4. The average molecular weight is 337 g/mol. The van der Waals surface area contributed by atoms with Crippen LogP contribution in [0.2, 0.25) is 0 Å². The number of carbonyl (C=O) groups is 1. The first kappa shape index (κ1) is 17.2. The molecule has 7 nitrogen and oxygen atoms in total. The van der Waals surface area contributed by atoms with Gasteiger partial charge in [0.25, 0.3) is 0 Å². The standard InChI is InChI=1S/C15H19N3O4S/c1-3-22-15(19)9-16-23(20,21)14-11-18(17-12(14)2)10-13-7-5-4-6-8-13/h4-8,11,16H,3,9-10H2,1-2H3. The fraction of sp³-hybridized carbons (Fsp3) is 0.333. The smallest absolute Gasteiger partial charge is 0.321 e. The zero-order chi connectivity index (χ0) is 16.9. The van der Waals surface area contributed by atoms with Gasteiger partial charge in [0, 0.05) is 6.20 Å². The van der Waals surface area contributed by atoms with Crippen molar-refractivity contribution in [1.82, 2.24) is 14.5 Å². The highest BCUT2D eigenvalue weighted by atomic mass is 32.2. The number of carbonyl (C=O) groups excluding carboxylic acids is 1. The molecule has 1 aromatic heterocycles. The molecule has 2 aromatic rings. The number of aryl methyl sites for hydroxylation is 1. The number of hydrogen-bond acceptors (Lipinski definition) is 5. The summed E-state index contributed by atoms with van der Waals surface area (Å²) in [6.07, 6.45) is 1.45. The molecule has 124 valence electrons. The minimum atomic E-state index is -3.81. The van der Waals surface area contributed by atoms with E-state index >= 15 is 0 Å². The summed E-state index contributed by atoms with van der Waals surface area (Å²) >= 11 is 0. The number of hydrogen-bond donors (Lipinski definition) is 1. The van der Waals surface area contributed by atoms with Gasteiger partial charge in [0.05, 0.1) is 18.8 Å². The Labute approximate surface area is 135 Å². The second-order valence-electron chi connectivity index (χ2n) is 4.89. The summed E-state index contributed by atoms with van der Waals surface area (Å²) in [6.45, 7) is 3.54. The van der Waals surface area contributed by atoms with Gasteiger partial charge in [0.1, 0.15) is 11.4 Å². The Kier molecular flexibility index (Phi) is 5.51. The van der Waals surface area contributed by atoms with E-state index < -0.39 is 22.5 Å². The van der Waals surface area contributed by atoms with Gasteiger partial charge >= 0.3 is 5.97 Å². The van der Waals surface area contributed by atoms with Gasteiger partial charge in [-0.15, -0.1) is 0 Å². The zero-order valence-corrected chi connectivity index (χ0v) is 13.8. The largest absolute Gasteiger partial charge is 0.465 e. The summed E-state index contributed by atoms with van der Waals surface area (Å²) < 4.78 is 33.0. The van der Waals surface area contributed by atoms with E-state index in [-0.39, 0.29) is 11.5 Å². The lowest BCUT2D eigenvalue weighted by atomic mass is 10.2. The van der Waals surface area contributed by atoms with Crippen LogP contribution in [0.5, 0.6) is 0 Å². The van der Waals surface area contributed by atoms with E-state index in [0.29, 0.717) is 12.2 Å². The van der Waals surface area contributed by atoms with E-state index in [1.807, 2.05) is 30.3 Å². The van der Waals surface area contributed by atoms with E-state index in [2.05, 4.69) is 9.82 Å². The highest BCUT2D eigenvalue weighted by Gasteiger charge is 2.21. The number of rotatable bonds is 7. The van der Waals surface area contributed by atoms with Crippen LogP contribution in [0, 0.1) is 6.92 Å². The second-order valence-corrected chi connectivity index (χ2v) is 6.63. The highest BCUT2D eigenvalue weighted by molar-refractivity contribution is 7.89. The highest BCUT2D eigenvalue weighted by Crippen LogP contribution is 2.14. The quantitative estimate of drug-likeness (QED) is 0.764. The van der Waals surface area contributed by atoms with Crippen molar-refractivity contribution in [3.05, 3.63) is 47.8 Å². The van der Waals surface area contributed by atoms with Gasteiger partial charge in [-0.25, -0.2) is 8.42 Å². The van der Waals surface area contributed by atoms with Crippen LogP contribution in [0.3, 0.4) is 0 Å². The summed E-state index contributed by atoms with van der Waals surface area (Å²) in [5, 5.41) is 4.22. The Morgan fingerprint density at radius 2 is 2.00 bits per heavy atom. The lowest BCUT2D eigenvalue weighted by Crippen LogP contribution is -2.30. The third-order valence-electron chi connectivity index (χ3n) is 3.09. The molecule has 0 saturated heterocycles. The molecule has 0 saturated carbocycles. The van der Waals surface area contributed by atoms with Crippen molar-refractivity contribution in [3.63, 3.8) is 0 Å². The molecule has 0 unspecified atom stereocenters. The molecule has 8 heteroatoms. The van der Waals surface area contributed by atoms with Crippen molar-refractivity contribution in [1.29, 1.82) is 0 Å². The Balaban J connectivity index is 2.12. The number of esters is 1. The van der Waals surface area contributed by atoms with Gasteiger partial charge in [-0.2, -0.15) is 9.82 Å². The van der Waals surface area contributed by atoms with Gasteiger partial charge in [-0.05, 0) is 19.4 Å². The first-order valence-corrected chi connectivity index (χ1v) is 8.64. The molecular formula is C15H19N3O4S. The number of sulfonamides is 1. The van der Waals surface area contributed by atoms with Crippen LogP contribution in [0.4, 0.5) is 0 Å². The van der Waals surface area contributed by atoms with Crippen LogP contribution in [0.15, 0.2) is 41.4 Å². The van der Waals surface area contributed by atoms with Crippen LogP contribution >= 0.6 is 0 Å². The molecule has 0 aliphatic carbocycles. The second kappa shape index (κ2) is 7.38. The fourth-order valence-electron chi connectivity index (χ4n) is 2.06. The van der Waals surface area contributed by atoms with Crippen LogP contribution in [0.25, 0.3) is 0 Å². The molecule has 23 heavy (non-hydrogen) atoms.